The molecule has 4 heteroatoms. The van der Waals surface area contributed by atoms with Gasteiger partial charge < -0.3 is 9.84 Å². The lowest BCUT2D eigenvalue weighted by molar-refractivity contribution is 0.403. The molecule has 0 atom stereocenters. The Balaban J connectivity index is 2.88. The summed E-state index contributed by atoms with van der Waals surface area (Å²) in [6, 6.07) is 6.76. The fraction of sp³-hybridized carbons (Fsp3) is 0.0909. The molecule has 1 N–H and O–H groups in total. The SMILES string of the molecule is COc1ncc(C#N)c2cc(O)ccc12. The topological polar surface area (TPSA) is 66.1 Å². The van der Waals surface area contributed by atoms with Crippen molar-refractivity contribution < 1.29 is 9.84 Å². The highest BCUT2D eigenvalue weighted by Crippen LogP contribution is 2.28. The van der Waals surface area contributed by atoms with Crippen LogP contribution in [0.25, 0.3) is 10.8 Å². The van der Waals surface area contributed by atoms with E-state index in [0.717, 1.165) is 0 Å². The van der Waals surface area contributed by atoms with Crippen LogP contribution in [0, 0.1) is 11.3 Å². The Morgan fingerprint density at radius 2 is 2.20 bits per heavy atom. The first-order valence-electron chi connectivity index (χ1n) is 4.32. The van der Waals surface area contributed by atoms with Gasteiger partial charge in [-0.25, -0.2) is 4.98 Å². The van der Waals surface area contributed by atoms with E-state index in [9.17, 15) is 5.11 Å². The minimum absolute atomic E-state index is 0.118. The van der Waals surface area contributed by atoms with Crippen LogP contribution in [0.5, 0.6) is 11.6 Å². The molecule has 0 fully saturated rings. The molecule has 0 aliphatic heterocycles. The molecular weight excluding hydrogens is 192 g/mol. The lowest BCUT2D eigenvalue weighted by atomic mass is 10.1. The predicted molar refractivity (Wildman–Crippen MR) is 54.7 cm³/mol. The summed E-state index contributed by atoms with van der Waals surface area (Å²) in [6.07, 6.45) is 1.43. The maximum Gasteiger partial charge on any atom is 0.221 e. The number of nitrogens with zero attached hydrogens (tertiary/aromatic N) is 2. The molecule has 1 aromatic carbocycles. The number of nitriles is 1. The normalized spacial score (nSPS) is 9.87. The van der Waals surface area contributed by atoms with E-state index in [0.29, 0.717) is 22.2 Å². The molecular formula is C11H8N2O2. The molecule has 0 aliphatic rings. The number of phenols is 1. The maximum absolute atomic E-state index is 9.34. The van der Waals surface area contributed by atoms with E-state index in [1.165, 1.54) is 25.4 Å². The second-order valence-corrected chi connectivity index (χ2v) is 3.02. The van der Waals surface area contributed by atoms with Crippen molar-refractivity contribution in [3.8, 4) is 17.7 Å². The summed E-state index contributed by atoms with van der Waals surface area (Å²) in [5.41, 5.74) is 0.418. The van der Waals surface area contributed by atoms with Crippen LogP contribution < -0.4 is 4.74 Å². The van der Waals surface area contributed by atoms with E-state index in [4.69, 9.17) is 10.00 Å². The van der Waals surface area contributed by atoms with Crippen LogP contribution in [-0.4, -0.2) is 17.2 Å². The zero-order chi connectivity index (χ0) is 10.8. The number of rotatable bonds is 1. The number of aromatic hydroxyl groups is 1. The molecule has 0 aliphatic carbocycles. The summed E-state index contributed by atoms with van der Waals surface area (Å²) in [5.74, 6) is 0.566. The van der Waals surface area contributed by atoms with Crippen molar-refractivity contribution in [3.05, 3.63) is 30.0 Å². The molecule has 0 saturated carbocycles. The molecule has 15 heavy (non-hydrogen) atoms. The van der Waals surface area contributed by atoms with Crippen molar-refractivity contribution in [1.29, 1.82) is 5.26 Å². The summed E-state index contributed by atoms with van der Waals surface area (Å²) >= 11 is 0. The van der Waals surface area contributed by atoms with Gasteiger partial charge in [0.1, 0.15) is 11.8 Å². The standard InChI is InChI=1S/C11H8N2O2/c1-15-11-9-3-2-8(14)4-10(9)7(5-12)6-13-11/h2-4,6,14H,1H3. The Morgan fingerprint density at radius 1 is 1.40 bits per heavy atom. The fourth-order valence-corrected chi connectivity index (χ4v) is 1.46. The van der Waals surface area contributed by atoms with E-state index in [2.05, 4.69) is 4.98 Å². The van der Waals surface area contributed by atoms with Crippen LogP contribution >= 0.6 is 0 Å². The zero-order valence-electron chi connectivity index (χ0n) is 8.06. The van der Waals surface area contributed by atoms with E-state index in [-0.39, 0.29) is 5.75 Å². The molecule has 0 amide bonds. The van der Waals surface area contributed by atoms with Crippen LogP contribution in [0.15, 0.2) is 24.4 Å². The molecule has 0 bridgehead atoms. The van der Waals surface area contributed by atoms with Crippen molar-refractivity contribution in [2.75, 3.05) is 7.11 Å². The van der Waals surface area contributed by atoms with Gasteiger partial charge in [-0.05, 0) is 18.2 Å². The number of fused-ring (bicyclic) bond motifs is 1. The molecule has 0 spiro atoms. The Morgan fingerprint density at radius 3 is 2.87 bits per heavy atom. The highest BCUT2D eigenvalue weighted by atomic mass is 16.5. The average molecular weight is 200 g/mol. The zero-order valence-corrected chi connectivity index (χ0v) is 8.06. The number of aromatic nitrogens is 1. The van der Waals surface area contributed by atoms with Gasteiger partial charge >= 0.3 is 0 Å². The van der Waals surface area contributed by atoms with Crippen LogP contribution in [0.3, 0.4) is 0 Å². The van der Waals surface area contributed by atoms with Crippen LogP contribution in [0.2, 0.25) is 0 Å². The van der Waals surface area contributed by atoms with E-state index < -0.39 is 0 Å². The first-order chi connectivity index (χ1) is 7.26. The largest absolute Gasteiger partial charge is 0.508 e. The smallest absolute Gasteiger partial charge is 0.221 e. The van der Waals surface area contributed by atoms with Gasteiger partial charge in [0.05, 0.1) is 12.7 Å². The summed E-state index contributed by atoms with van der Waals surface area (Å²) in [7, 11) is 1.51. The highest BCUT2D eigenvalue weighted by molar-refractivity contribution is 5.92. The van der Waals surface area contributed by atoms with Gasteiger partial charge in [0, 0.05) is 17.0 Å². The maximum atomic E-state index is 9.34. The van der Waals surface area contributed by atoms with Gasteiger partial charge in [0.15, 0.2) is 0 Å². The third-order valence-corrected chi connectivity index (χ3v) is 2.15. The fourth-order valence-electron chi connectivity index (χ4n) is 1.46. The Hall–Kier alpha value is -2.28. The number of methoxy groups -OCH3 is 1. The minimum atomic E-state index is 0.118. The van der Waals surface area contributed by atoms with Crippen LogP contribution in [-0.2, 0) is 0 Å². The number of pyridine rings is 1. The van der Waals surface area contributed by atoms with E-state index in [1.54, 1.807) is 6.07 Å². The number of benzene rings is 1. The molecule has 2 aromatic rings. The van der Waals surface area contributed by atoms with E-state index >= 15 is 0 Å². The average Bonchev–Trinajstić information content (AvgIpc) is 2.27. The lowest BCUT2D eigenvalue weighted by Gasteiger charge is -2.05. The quantitative estimate of drug-likeness (QED) is 0.762. The summed E-state index contributed by atoms with van der Waals surface area (Å²) in [5, 5.41) is 19.6. The first kappa shape index (κ1) is 9.28. The molecule has 0 saturated heterocycles. The summed E-state index contributed by atoms with van der Waals surface area (Å²) in [6.45, 7) is 0. The number of hydrogen-bond donors (Lipinski definition) is 1. The number of hydrogen-bond acceptors (Lipinski definition) is 4. The van der Waals surface area contributed by atoms with Gasteiger partial charge in [0.2, 0.25) is 5.88 Å². The Kier molecular flexibility index (Phi) is 2.14. The van der Waals surface area contributed by atoms with Crippen LogP contribution in [0.1, 0.15) is 5.56 Å². The summed E-state index contributed by atoms with van der Waals surface area (Å²) in [4.78, 5) is 4.00. The van der Waals surface area contributed by atoms with Gasteiger partial charge in [-0.15, -0.1) is 0 Å². The third-order valence-electron chi connectivity index (χ3n) is 2.15. The van der Waals surface area contributed by atoms with Crippen molar-refractivity contribution in [2.45, 2.75) is 0 Å². The van der Waals surface area contributed by atoms with Crippen molar-refractivity contribution >= 4 is 10.8 Å². The van der Waals surface area contributed by atoms with Crippen molar-refractivity contribution in [2.24, 2.45) is 0 Å². The van der Waals surface area contributed by atoms with E-state index in [1.807, 2.05) is 6.07 Å². The van der Waals surface area contributed by atoms with Gasteiger partial charge in [0.25, 0.3) is 0 Å². The molecule has 4 nitrogen and oxygen atoms in total. The molecule has 0 unspecified atom stereocenters. The highest BCUT2D eigenvalue weighted by Gasteiger charge is 2.07. The van der Waals surface area contributed by atoms with Crippen molar-refractivity contribution in [3.63, 3.8) is 0 Å². The molecule has 1 heterocycles. The molecule has 0 radical (unpaired) electrons. The van der Waals surface area contributed by atoms with Gasteiger partial charge in [-0.3, -0.25) is 0 Å². The van der Waals surface area contributed by atoms with Gasteiger partial charge in [-0.2, -0.15) is 5.26 Å². The Labute approximate surface area is 86.4 Å². The summed E-state index contributed by atoms with van der Waals surface area (Å²) < 4.78 is 5.06. The van der Waals surface area contributed by atoms with Gasteiger partial charge in [-0.1, -0.05) is 0 Å². The second-order valence-electron chi connectivity index (χ2n) is 3.02. The first-order valence-corrected chi connectivity index (χ1v) is 4.32. The van der Waals surface area contributed by atoms with Crippen molar-refractivity contribution in [1.82, 2.24) is 4.98 Å². The molecule has 1 aromatic heterocycles. The number of phenolic OH excluding ortho intramolecular Hbond substituents is 1. The number of ether oxygens (including phenoxy) is 1. The monoisotopic (exact) mass is 200 g/mol. The minimum Gasteiger partial charge on any atom is -0.508 e. The predicted octanol–water partition coefficient (Wildman–Crippen LogP) is 1.82. The molecule has 74 valence electrons. The Bertz CT molecular complexity index is 558. The van der Waals surface area contributed by atoms with Crippen LogP contribution in [0.4, 0.5) is 0 Å². The lowest BCUT2D eigenvalue weighted by Crippen LogP contribution is -1.91. The third kappa shape index (κ3) is 1.44. The molecule has 2 rings (SSSR count). The second kappa shape index (κ2) is 3.46.